The summed E-state index contributed by atoms with van der Waals surface area (Å²) in [7, 11) is -3.89. The van der Waals surface area contributed by atoms with Crippen molar-refractivity contribution in [3.05, 3.63) is 41.4 Å². The molecule has 1 fully saturated rings. The van der Waals surface area contributed by atoms with Crippen LogP contribution in [-0.2, 0) is 18.4 Å². The average molecular weight is 550 g/mol. The standard InChI is InChI=1S/C29H51NO5Si2/c1-11-33-28(35-37(8,9)10)20-23(14-15-27(31)30-17-12-13-18-30)26(34-36(5,6)7)21-25(29(2,3)4)24-16-19-32-22-24/h16,19,22,25-26H,11-15,17-18,21H2,1-10H3/t20?,25-,26-/m1/s1. The normalized spacial score (nSPS) is 16.2. The van der Waals surface area contributed by atoms with E-state index < -0.39 is 16.6 Å². The SMILES string of the molecule is CCOC(=C=C(CCC(=O)N1CCCC1)[C@@H](C[C@H](c1ccoc1)C(C)(C)C)O[Si](C)(C)C)O[Si](C)(C)C. The van der Waals surface area contributed by atoms with E-state index >= 15 is 0 Å². The van der Waals surface area contributed by atoms with Gasteiger partial charge in [-0.05, 0) is 101 Å². The van der Waals surface area contributed by atoms with Crippen molar-refractivity contribution < 1.29 is 22.8 Å². The lowest BCUT2D eigenvalue weighted by molar-refractivity contribution is -0.130. The largest absolute Gasteiger partial charge is 0.514 e. The number of nitrogens with zero attached hydrogens (tertiary/aromatic N) is 1. The van der Waals surface area contributed by atoms with Crippen LogP contribution in [0.15, 0.2) is 40.3 Å². The highest BCUT2D eigenvalue weighted by molar-refractivity contribution is 6.70. The van der Waals surface area contributed by atoms with Gasteiger partial charge in [0.1, 0.15) is 0 Å². The lowest BCUT2D eigenvalue weighted by Crippen LogP contribution is -2.36. The molecule has 1 aromatic rings. The number of amides is 1. The van der Waals surface area contributed by atoms with E-state index in [9.17, 15) is 4.79 Å². The summed E-state index contributed by atoms with van der Waals surface area (Å²) in [6.45, 7) is 24.0. The summed E-state index contributed by atoms with van der Waals surface area (Å²) in [5.74, 6) is 0.826. The minimum absolute atomic E-state index is 0.0112. The predicted octanol–water partition coefficient (Wildman–Crippen LogP) is 7.68. The highest BCUT2D eigenvalue weighted by atomic mass is 28.4. The van der Waals surface area contributed by atoms with Crippen LogP contribution in [0.3, 0.4) is 0 Å². The fraction of sp³-hybridized carbons (Fsp3) is 0.724. The Bertz CT molecular complexity index is 910. The van der Waals surface area contributed by atoms with Gasteiger partial charge >= 0.3 is 5.95 Å². The first-order valence-corrected chi connectivity index (χ1v) is 20.7. The third-order valence-corrected chi connectivity index (χ3v) is 8.12. The van der Waals surface area contributed by atoms with E-state index in [1.807, 2.05) is 18.1 Å². The molecule has 8 heteroatoms. The molecule has 2 atom stereocenters. The summed E-state index contributed by atoms with van der Waals surface area (Å²) in [5.41, 5.74) is 5.61. The van der Waals surface area contributed by atoms with Crippen molar-refractivity contribution in [2.45, 2.75) is 111 Å². The number of carbonyl (C=O) groups excluding carboxylic acids is 1. The molecule has 0 radical (unpaired) electrons. The number of rotatable bonds is 13. The second kappa shape index (κ2) is 13.4. The molecule has 1 aliphatic rings. The molecule has 0 saturated carbocycles. The van der Waals surface area contributed by atoms with Gasteiger partial charge in [-0.1, -0.05) is 20.8 Å². The predicted molar refractivity (Wildman–Crippen MR) is 155 cm³/mol. The van der Waals surface area contributed by atoms with Gasteiger partial charge in [-0.3, -0.25) is 4.79 Å². The number of hydrogen-bond acceptors (Lipinski definition) is 5. The van der Waals surface area contributed by atoms with E-state index in [4.69, 9.17) is 18.0 Å². The van der Waals surface area contributed by atoms with Crippen molar-refractivity contribution in [2.24, 2.45) is 5.41 Å². The smallest absolute Gasteiger partial charge is 0.313 e. The third kappa shape index (κ3) is 11.3. The molecule has 1 amide bonds. The van der Waals surface area contributed by atoms with Crippen LogP contribution >= 0.6 is 0 Å². The molecule has 6 nitrogen and oxygen atoms in total. The number of ether oxygens (including phenoxy) is 1. The Kier molecular flexibility index (Phi) is 11.4. The average Bonchev–Trinajstić information content (AvgIpc) is 3.45. The van der Waals surface area contributed by atoms with E-state index in [0.717, 1.165) is 43.5 Å². The monoisotopic (exact) mass is 549 g/mol. The van der Waals surface area contributed by atoms with Crippen molar-refractivity contribution in [1.82, 2.24) is 4.90 Å². The highest BCUT2D eigenvalue weighted by Gasteiger charge is 2.34. The van der Waals surface area contributed by atoms with E-state index in [0.29, 0.717) is 25.4 Å². The summed E-state index contributed by atoms with van der Waals surface area (Å²) in [5, 5.41) is 0. The Morgan fingerprint density at radius 1 is 1.08 bits per heavy atom. The Morgan fingerprint density at radius 3 is 2.22 bits per heavy atom. The zero-order chi connectivity index (χ0) is 27.9. The molecule has 1 aliphatic heterocycles. The maximum absolute atomic E-state index is 13.0. The van der Waals surface area contributed by atoms with Gasteiger partial charge in [0.15, 0.2) is 8.32 Å². The first kappa shape index (κ1) is 31.5. The summed E-state index contributed by atoms with van der Waals surface area (Å²) in [6, 6.07) is 2.05. The van der Waals surface area contributed by atoms with Gasteiger partial charge in [0, 0.05) is 25.1 Å². The van der Waals surface area contributed by atoms with Crippen molar-refractivity contribution in [3.63, 3.8) is 0 Å². The van der Waals surface area contributed by atoms with Gasteiger partial charge in [-0.25, -0.2) is 0 Å². The zero-order valence-electron chi connectivity index (χ0n) is 25.0. The molecule has 2 rings (SSSR count). The van der Waals surface area contributed by atoms with Gasteiger partial charge in [0.2, 0.25) is 14.2 Å². The zero-order valence-corrected chi connectivity index (χ0v) is 27.0. The second-order valence-corrected chi connectivity index (χ2v) is 22.0. The first-order valence-electron chi connectivity index (χ1n) is 13.9. The quantitative estimate of drug-likeness (QED) is 0.143. The highest BCUT2D eigenvalue weighted by Crippen LogP contribution is 2.41. The Balaban J connectivity index is 2.55. The Hall–Kier alpha value is -1.74. The van der Waals surface area contributed by atoms with Gasteiger partial charge in [0.05, 0.1) is 25.2 Å². The Labute approximate surface area is 227 Å². The first-order chi connectivity index (χ1) is 17.1. The van der Waals surface area contributed by atoms with Crippen LogP contribution in [0.25, 0.3) is 0 Å². The second-order valence-electron chi connectivity index (χ2n) is 13.1. The van der Waals surface area contributed by atoms with E-state index in [1.54, 1.807) is 6.26 Å². The molecule has 1 aromatic heterocycles. The van der Waals surface area contributed by atoms with Crippen molar-refractivity contribution >= 4 is 22.5 Å². The van der Waals surface area contributed by atoms with Gasteiger partial charge in [-0.15, -0.1) is 0 Å². The molecule has 0 aliphatic carbocycles. The van der Waals surface area contributed by atoms with Gasteiger partial charge in [-0.2, -0.15) is 0 Å². The summed E-state index contributed by atoms with van der Waals surface area (Å²) in [6.07, 6.45) is 7.32. The van der Waals surface area contributed by atoms with Crippen LogP contribution in [0.1, 0.15) is 71.3 Å². The van der Waals surface area contributed by atoms with Crippen LogP contribution in [0.2, 0.25) is 39.3 Å². The van der Waals surface area contributed by atoms with Crippen LogP contribution in [-0.4, -0.2) is 53.2 Å². The minimum atomic E-state index is -1.95. The molecule has 0 N–H and O–H groups in total. The van der Waals surface area contributed by atoms with E-state index in [2.05, 4.69) is 71.9 Å². The minimum Gasteiger partial charge on any atom is -0.514 e. The summed E-state index contributed by atoms with van der Waals surface area (Å²) in [4.78, 5) is 15.0. The number of likely N-dealkylation sites (tertiary alicyclic amines) is 1. The lowest BCUT2D eigenvalue weighted by atomic mass is 9.73. The fourth-order valence-electron chi connectivity index (χ4n) is 4.67. The molecular weight excluding hydrogens is 498 g/mol. The topological polar surface area (TPSA) is 61.1 Å². The number of carbonyl (C=O) groups is 1. The molecule has 1 saturated heterocycles. The van der Waals surface area contributed by atoms with E-state index in [-0.39, 0.29) is 23.3 Å². The number of furan rings is 1. The third-order valence-electron chi connectivity index (χ3n) is 6.33. The molecule has 0 spiro atoms. The maximum atomic E-state index is 13.0. The molecule has 0 bridgehead atoms. The molecule has 210 valence electrons. The summed E-state index contributed by atoms with van der Waals surface area (Å²) < 4.78 is 24.5. The molecule has 2 heterocycles. The van der Waals surface area contributed by atoms with Crippen LogP contribution in [0.4, 0.5) is 0 Å². The fourth-order valence-corrected chi connectivity index (χ4v) is 6.43. The van der Waals surface area contributed by atoms with Gasteiger partial charge < -0.3 is 22.9 Å². The lowest BCUT2D eigenvalue weighted by Gasteiger charge is -2.36. The molecular formula is C29H51NO5Si2. The number of hydrogen-bond donors (Lipinski definition) is 0. The van der Waals surface area contributed by atoms with Crippen LogP contribution < -0.4 is 0 Å². The van der Waals surface area contributed by atoms with Crippen molar-refractivity contribution in [1.29, 1.82) is 0 Å². The van der Waals surface area contributed by atoms with Gasteiger partial charge in [0.25, 0.3) is 0 Å². The Morgan fingerprint density at radius 2 is 1.73 bits per heavy atom. The van der Waals surface area contributed by atoms with Crippen LogP contribution in [0, 0.1) is 5.41 Å². The van der Waals surface area contributed by atoms with Crippen LogP contribution in [0.5, 0.6) is 0 Å². The van der Waals surface area contributed by atoms with E-state index in [1.165, 1.54) is 0 Å². The molecule has 0 unspecified atom stereocenters. The molecule has 37 heavy (non-hydrogen) atoms. The molecule has 0 aromatic carbocycles. The van der Waals surface area contributed by atoms with Crippen molar-refractivity contribution in [3.8, 4) is 0 Å². The summed E-state index contributed by atoms with van der Waals surface area (Å²) >= 11 is 0. The maximum Gasteiger partial charge on any atom is 0.313 e. The van der Waals surface area contributed by atoms with Crippen molar-refractivity contribution in [2.75, 3.05) is 19.7 Å².